The highest BCUT2D eigenvalue weighted by molar-refractivity contribution is 5.89. The van der Waals surface area contributed by atoms with Crippen molar-refractivity contribution in [2.75, 3.05) is 6.54 Å². The van der Waals surface area contributed by atoms with Crippen LogP contribution in [0.15, 0.2) is 35.1 Å². The summed E-state index contributed by atoms with van der Waals surface area (Å²) >= 11 is 0. The number of pyridine rings is 2. The van der Waals surface area contributed by atoms with Gasteiger partial charge in [-0.2, -0.15) is 0 Å². The molecular formula is C26H27N3O6. The lowest BCUT2D eigenvalue weighted by Crippen LogP contribution is -2.47. The van der Waals surface area contributed by atoms with Crippen LogP contribution in [0, 0.1) is 0 Å². The van der Waals surface area contributed by atoms with Gasteiger partial charge in [-0.25, -0.2) is 14.6 Å². The molecule has 1 aromatic carbocycles. The van der Waals surface area contributed by atoms with E-state index >= 15 is 0 Å². The number of carbonyl (C=O) groups excluding carboxylic acids is 1. The summed E-state index contributed by atoms with van der Waals surface area (Å²) in [5, 5.41) is 13.9. The monoisotopic (exact) mass is 477 g/mol. The molecule has 5 rings (SSSR count). The van der Waals surface area contributed by atoms with Crippen LogP contribution in [0.1, 0.15) is 49.4 Å². The molecule has 4 heterocycles. The maximum absolute atomic E-state index is 13.6. The molecule has 0 aliphatic carbocycles. The van der Waals surface area contributed by atoms with Crippen LogP contribution in [0.3, 0.4) is 0 Å². The molecule has 182 valence electrons. The van der Waals surface area contributed by atoms with Crippen LogP contribution in [-0.4, -0.2) is 39.4 Å². The zero-order valence-corrected chi connectivity index (χ0v) is 19.9. The summed E-state index contributed by atoms with van der Waals surface area (Å²) in [4.78, 5) is 42.8. The third kappa shape index (κ3) is 3.58. The summed E-state index contributed by atoms with van der Waals surface area (Å²) in [6.07, 6.45) is -0.853. The molecule has 0 spiro atoms. The Kier molecular flexibility index (Phi) is 5.59. The van der Waals surface area contributed by atoms with Crippen molar-refractivity contribution in [3.63, 3.8) is 0 Å². The van der Waals surface area contributed by atoms with E-state index in [4.69, 9.17) is 14.5 Å². The fraction of sp³-hybridized carbons (Fsp3) is 0.385. The molecule has 2 aliphatic rings. The number of hydrogen-bond acceptors (Lipinski definition) is 7. The smallest absolute Gasteiger partial charge is 0.457 e. The van der Waals surface area contributed by atoms with Crippen molar-refractivity contribution in [2.45, 2.75) is 58.4 Å². The Bertz CT molecular complexity index is 1430. The normalized spacial score (nSPS) is 18.2. The van der Waals surface area contributed by atoms with Gasteiger partial charge in [-0.15, -0.1) is 0 Å². The summed E-state index contributed by atoms with van der Waals surface area (Å²) in [5.74, 6) is -0.815. The number of cyclic esters (lactones) is 1. The van der Waals surface area contributed by atoms with Gasteiger partial charge in [0.05, 0.1) is 29.0 Å². The average Bonchev–Trinajstić information content (AvgIpc) is 3.19. The predicted octanol–water partition coefficient (Wildman–Crippen LogP) is 3.32. The number of carbonyl (C=O) groups is 2. The van der Waals surface area contributed by atoms with E-state index < -0.39 is 17.7 Å². The summed E-state index contributed by atoms with van der Waals surface area (Å²) in [6, 6.07) is 9.91. The predicted molar refractivity (Wildman–Crippen MR) is 128 cm³/mol. The van der Waals surface area contributed by atoms with Gasteiger partial charge in [-0.05, 0) is 37.1 Å². The van der Waals surface area contributed by atoms with Crippen LogP contribution >= 0.6 is 0 Å². The average molecular weight is 478 g/mol. The Morgan fingerprint density at radius 1 is 1.29 bits per heavy atom. The second-order valence-electron chi connectivity index (χ2n) is 9.23. The highest BCUT2D eigenvalue weighted by Gasteiger charge is 2.50. The lowest BCUT2D eigenvalue weighted by molar-refractivity contribution is -0.174. The first-order valence-electron chi connectivity index (χ1n) is 11.8. The Labute approximate surface area is 201 Å². The van der Waals surface area contributed by atoms with Crippen LogP contribution in [0.4, 0.5) is 4.79 Å². The Hall–Kier alpha value is -3.72. The number of benzene rings is 1. The molecule has 0 saturated carbocycles. The summed E-state index contributed by atoms with van der Waals surface area (Å²) < 4.78 is 12.0. The fourth-order valence-electron chi connectivity index (χ4n) is 5.19. The van der Waals surface area contributed by atoms with Gasteiger partial charge in [0.2, 0.25) is 5.60 Å². The van der Waals surface area contributed by atoms with Gasteiger partial charge in [0.25, 0.3) is 5.56 Å². The molecule has 1 atom stereocenters. The van der Waals surface area contributed by atoms with Gasteiger partial charge in [0.1, 0.15) is 6.61 Å². The second kappa shape index (κ2) is 8.49. The van der Waals surface area contributed by atoms with Gasteiger partial charge in [-0.1, -0.05) is 39.0 Å². The standard InChI is InChI=1S/C26H27N3O6/c1-4-26(35-25(32)33)19-11-21-22-17(12-29(21)23(30)18(19)13-34-24(26)31)15(9-10-27-14(2)3)16-7-5-6-8-20(16)28-22/h5-8,11,14,27H,4,9-10,12-13H2,1-3H3,(H,32,33)/t26-/m0/s1. The molecule has 2 aromatic heterocycles. The molecule has 0 amide bonds. The molecular weight excluding hydrogens is 450 g/mol. The number of ether oxygens (including phenoxy) is 2. The molecule has 0 unspecified atom stereocenters. The molecule has 9 nitrogen and oxygen atoms in total. The molecule has 0 radical (unpaired) electrons. The second-order valence-corrected chi connectivity index (χ2v) is 9.23. The van der Waals surface area contributed by atoms with Gasteiger partial charge >= 0.3 is 12.1 Å². The number of esters is 1. The molecule has 0 fully saturated rings. The Balaban J connectivity index is 1.73. The first-order chi connectivity index (χ1) is 16.8. The van der Waals surface area contributed by atoms with E-state index in [0.29, 0.717) is 24.0 Å². The highest BCUT2D eigenvalue weighted by atomic mass is 16.7. The Morgan fingerprint density at radius 2 is 2.06 bits per heavy atom. The van der Waals surface area contributed by atoms with Crippen molar-refractivity contribution in [3.8, 4) is 11.4 Å². The van der Waals surface area contributed by atoms with Crippen molar-refractivity contribution in [1.82, 2.24) is 14.9 Å². The van der Waals surface area contributed by atoms with E-state index in [-0.39, 0.29) is 29.7 Å². The number of carboxylic acid groups (broad SMARTS) is 1. The largest absolute Gasteiger partial charge is 0.507 e. The van der Waals surface area contributed by atoms with E-state index in [1.807, 2.05) is 24.3 Å². The number of hydrogen-bond donors (Lipinski definition) is 2. The lowest BCUT2D eigenvalue weighted by Gasteiger charge is -2.34. The van der Waals surface area contributed by atoms with Crippen molar-refractivity contribution >= 4 is 23.0 Å². The minimum atomic E-state index is -1.89. The van der Waals surface area contributed by atoms with Crippen molar-refractivity contribution < 1.29 is 24.2 Å². The maximum atomic E-state index is 13.6. The highest BCUT2D eigenvalue weighted by Crippen LogP contribution is 2.42. The van der Waals surface area contributed by atoms with E-state index in [9.17, 15) is 19.5 Å². The summed E-state index contributed by atoms with van der Waals surface area (Å²) in [5.41, 5.74) is 2.36. The Morgan fingerprint density at radius 3 is 2.77 bits per heavy atom. The SMILES string of the molecule is CC[C@@]1(OC(=O)O)C(=O)OCc2c1cc1n(c2=O)Cc2c-1nc1ccccc1c2CCNC(C)C. The zero-order valence-electron chi connectivity index (χ0n) is 19.9. The lowest BCUT2D eigenvalue weighted by atomic mass is 9.85. The molecule has 2 aliphatic heterocycles. The first-order valence-corrected chi connectivity index (χ1v) is 11.8. The van der Waals surface area contributed by atoms with Gasteiger partial charge in [-0.3, -0.25) is 4.79 Å². The molecule has 3 aromatic rings. The van der Waals surface area contributed by atoms with Crippen LogP contribution < -0.4 is 10.9 Å². The third-order valence-electron chi connectivity index (χ3n) is 6.87. The van der Waals surface area contributed by atoms with Crippen molar-refractivity contribution in [2.24, 2.45) is 0 Å². The van der Waals surface area contributed by atoms with Crippen LogP contribution in [0.5, 0.6) is 0 Å². The zero-order chi connectivity index (χ0) is 24.9. The minimum absolute atomic E-state index is 0.00183. The van der Waals surface area contributed by atoms with E-state index in [1.54, 1.807) is 17.6 Å². The molecule has 9 heteroatoms. The third-order valence-corrected chi connectivity index (χ3v) is 6.87. The number of rotatable bonds is 6. The van der Waals surface area contributed by atoms with E-state index in [2.05, 4.69) is 19.2 Å². The molecule has 35 heavy (non-hydrogen) atoms. The minimum Gasteiger partial charge on any atom is -0.457 e. The van der Waals surface area contributed by atoms with E-state index in [0.717, 1.165) is 35.0 Å². The quantitative estimate of drug-likeness (QED) is 0.406. The van der Waals surface area contributed by atoms with E-state index in [1.165, 1.54) is 0 Å². The number of fused-ring (bicyclic) bond motifs is 5. The van der Waals surface area contributed by atoms with Crippen molar-refractivity contribution in [3.05, 3.63) is 62.9 Å². The number of para-hydroxylation sites is 1. The van der Waals surface area contributed by atoms with Crippen LogP contribution in [0.25, 0.3) is 22.3 Å². The maximum Gasteiger partial charge on any atom is 0.507 e. The summed E-state index contributed by atoms with van der Waals surface area (Å²) in [7, 11) is 0. The summed E-state index contributed by atoms with van der Waals surface area (Å²) in [6.45, 7) is 6.71. The van der Waals surface area contributed by atoms with Crippen LogP contribution in [-0.2, 0) is 39.4 Å². The molecule has 0 bridgehead atoms. The first kappa shape index (κ1) is 23.0. The number of nitrogens with one attached hydrogen (secondary N) is 1. The molecule has 2 N–H and O–H groups in total. The fourth-order valence-corrected chi connectivity index (χ4v) is 5.19. The van der Waals surface area contributed by atoms with Gasteiger partial charge in [0.15, 0.2) is 0 Å². The number of aromatic nitrogens is 2. The topological polar surface area (TPSA) is 120 Å². The van der Waals surface area contributed by atoms with Gasteiger partial charge < -0.3 is 24.5 Å². The molecule has 0 saturated heterocycles. The van der Waals surface area contributed by atoms with Crippen LogP contribution in [0.2, 0.25) is 0 Å². The van der Waals surface area contributed by atoms with Crippen molar-refractivity contribution in [1.29, 1.82) is 0 Å². The van der Waals surface area contributed by atoms with Gasteiger partial charge in [0, 0.05) is 22.6 Å². The number of nitrogens with zero attached hydrogens (tertiary/aromatic N) is 2.